The molecule has 1 aromatic rings. The molecular formula is C16H22ClNO3. The molecule has 1 aliphatic rings. The van der Waals surface area contributed by atoms with Crippen molar-refractivity contribution in [3.63, 3.8) is 0 Å². The first-order chi connectivity index (χ1) is 9.97. The third-order valence-corrected chi connectivity index (χ3v) is 4.19. The normalized spacial score (nSPS) is 22.3. The molecule has 0 bridgehead atoms. The van der Waals surface area contributed by atoms with Crippen molar-refractivity contribution in [2.45, 2.75) is 38.8 Å². The molecule has 1 N–H and O–H groups in total. The highest BCUT2D eigenvalue weighted by atomic mass is 35.5. The van der Waals surface area contributed by atoms with Gasteiger partial charge in [0.2, 0.25) is 0 Å². The molecule has 0 aromatic heterocycles. The van der Waals surface area contributed by atoms with Crippen LogP contribution in [0.25, 0.3) is 0 Å². The van der Waals surface area contributed by atoms with Gasteiger partial charge in [0.1, 0.15) is 6.54 Å². The van der Waals surface area contributed by atoms with Crippen molar-refractivity contribution in [2.24, 2.45) is 5.92 Å². The summed E-state index contributed by atoms with van der Waals surface area (Å²) in [6.07, 6.45) is 1.89. The molecule has 1 fully saturated rings. The summed E-state index contributed by atoms with van der Waals surface area (Å²) >= 11 is 5.92. The molecular weight excluding hydrogens is 290 g/mol. The lowest BCUT2D eigenvalue weighted by molar-refractivity contribution is -0.135. The van der Waals surface area contributed by atoms with Crippen LogP contribution in [0.1, 0.15) is 26.7 Å². The summed E-state index contributed by atoms with van der Waals surface area (Å²) in [4.78, 5) is 13.2. The minimum Gasteiger partial charge on any atom is -0.480 e. The number of nitrogens with zero attached hydrogens (tertiary/aromatic N) is 1. The molecule has 2 atom stereocenters. The van der Waals surface area contributed by atoms with Gasteiger partial charge in [-0.15, -0.1) is 0 Å². The third kappa shape index (κ3) is 4.35. The first-order valence-corrected chi connectivity index (χ1v) is 7.70. The summed E-state index contributed by atoms with van der Waals surface area (Å²) in [6.45, 7) is 4.95. The van der Waals surface area contributed by atoms with Crippen molar-refractivity contribution in [1.29, 1.82) is 0 Å². The SMILES string of the molecule is CC(C)C1CC(N(CC(=O)O)c2ccc(Cl)cc2)CCO1. The standard InChI is InChI=1S/C16H22ClNO3/c1-11(2)15-9-14(7-8-21-15)18(10-16(19)20)13-5-3-12(17)4-6-13/h3-6,11,14-15H,7-10H2,1-2H3,(H,19,20). The van der Waals surface area contributed by atoms with Gasteiger partial charge in [-0.2, -0.15) is 0 Å². The smallest absolute Gasteiger partial charge is 0.323 e. The molecule has 1 saturated heterocycles. The van der Waals surface area contributed by atoms with E-state index in [9.17, 15) is 9.90 Å². The van der Waals surface area contributed by atoms with Crippen LogP contribution in [-0.4, -0.2) is 36.4 Å². The number of carboxylic acids is 1. The summed E-state index contributed by atoms with van der Waals surface area (Å²) in [7, 11) is 0. The highest BCUT2D eigenvalue weighted by Crippen LogP contribution is 2.28. The molecule has 0 aliphatic carbocycles. The number of halogens is 1. The zero-order chi connectivity index (χ0) is 15.4. The van der Waals surface area contributed by atoms with Crippen molar-refractivity contribution in [2.75, 3.05) is 18.1 Å². The average Bonchev–Trinajstić information content (AvgIpc) is 2.46. The Morgan fingerprint density at radius 2 is 2.10 bits per heavy atom. The van der Waals surface area contributed by atoms with E-state index < -0.39 is 5.97 Å². The Morgan fingerprint density at radius 3 is 2.67 bits per heavy atom. The van der Waals surface area contributed by atoms with Crippen molar-refractivity contribution >= 4 is 23.3 Å². The van der Waals surface area contributed by atoms with Crippen LogP contribution in [0.5, 0.6) is 0 Å². The van der Waals surface area contributed by atoms with Crippen LogP contribution in [0.15, 0.2) is 24.3 Å². The molecule has 0 saturated carbocycles. The minimum atomic E-state index is -0.822. The lowest BCUT2D eigenvalue weighted by Crippen LogP contribution is -2.46. The van der Waals surface area contributed by atoms with Crippen LogP contribution >= 0.6 is 11.6 Å². The predicted molar refractivity (Wildman–Crippen MR) is 84.0 cm³/mol. The maximum absolute atomic E-state index is 11.2. The third-order valence-electron chi connectivity index (χ3n) is 3.94. The molecule has 4 nitrogen and oxygen atoms in total. The Labute approximate surface area is 130 Å². The van der Waals surface area contributed by atoms with Crippen molar-refractivity contribution in [3.05, 3.63) is 29.3 Å². The highest BCUT2D eigenvalue weighted by molar-refractivity contribution is 6.30. The zero-order valence-corrected chi connectivity index (χ0v) is 13.2. The summed E-state index contributed by atoms with van der Waals surface area (Å²) in [5.74, 6) is -0.387. The van der Waals surface area contributed by atoms with Gasteiger partial charge in [0.15, 0.2) is 0 Å². The Morgan fingerprint density at radius 1 is 1.43 bits per heavy atom. The van der Waals surface area contributed by atoms with Crippen LogP contribution in [0.3, 0.4) is 0 Å². The van der Waals surface area contributed by atoms with E-state index >= 15 is 0 Å². The van der Waals surface area contributed by atoms with Crippen LogP contribution in [0.2, 0.25) is 5.02 Å². The topological polar surface area (TPSA) is 49.8 Å². The number of hydrogen-bond donors (Lipinski definition) is 1. The molecule has 5 heteroatoms. The number of benzene rings is 1. The van der Waals surface area contributed by atoms with E-state index in [0.717, 1.165) is 18.5 Å². The molecule has 2 unspecified atom stereocenters. The summed E-state index contributed by atoms with van der Waals surface area (Å²) in [5.41, 5.74) is 0.899. The summed E-state index contributed by atoms with van der Waals surface area (Å²) < 4.78 is 5.78. The Bertz CT molecular complexity index is 475. The van der Waals surface area contributed by atoms with Gasteiger partial charge >= 0.3 is 5.97 Å². The highest BCUT2D eigenvalue weighted by Gasteiger charge is 2.30. The average molecular weight is 312 g/mol. The molecule has 0 radical (unpaired) electrons. The summed E-state index contributed by atoms with van der Waals surface area (Å²) in [5, 5.41) is 9.86. The number of hydrogen-bond acceptors (Lipinski definition) is 3. The molecule has 0 amide bonds. The molecule has 1 aliphatic heterocycles. The predicted octanol–water partition coefficient (Wildman–Crippen LogP) is 3.43. The quantitative estimate of drug-likeness (QED) is 0.905. The molecule has 0 spiro atoms. The van der Waals surface area contributed by atoms with Crippen LogP contribution < -0.4 is 4.90 Å². The molecule has 21 heavy (non-hydrogen) atoms. The van der Waals surface area contributed by atoms with E-state index in [1.807, 2.05) is 17.0 Å². The fraction of sp³-hybridized carbons (Fsp3) is 0.562. The number of aliphatic carboxylic acids is 1. The van der Waals surface area contributed by atoms with E-state index in [2.05, 4.69) is 13.8 Å². The maximum atomic E-state index is 11.2. The second-order valence-corrected chi connectivity index (χ2v) is 6.27. The van der Waals surface area contributed by atoms with Gasteiger partial charge in [0.25, 0.3) is 0 Å². The Balaban J connectivity index is 2.19. The van der Waals surface area contributed by atoms with Gasteiger partial charge in [-0.25, -0.2) is 0 Å². The van der Waals surface area contributed by atoms with E-state index in [1.165, 1.54) is 0 Å². The second-order valence-electron chi connectivity index (χ2n) is 5.83. The van der Waals surface area contributed by atoms with E-state index in [0.29, 0.717) is 17.5 Å². The zero-order valence-electron chi connectivity index (χ0n) is 12.5. The molecule has 2 rings (SSSR count). The second kappa shape index (κ2) is 7.14. The van der Waals surface area contributed by atoms with Crippen LogP contribution in [-0.2, 0) is 9.53 Å². The maximum Gasteiger partial charge on any atom is 0.323 e. The Hall–Kier alpha value is -1.26. The first kappa shape index (κ1) is 16.1. The fourth-order valence-corrected chi connectivity index (χ4v) is 2.89. The van der Waals surface area contributed by atoms with Gasteiger partial charge < -0.3 is 14.7 Å². The number of anilines is 1. The van der Waals surface area contributed by atoms with Crippen molar-refractivity contribution in [1.82, 2.24) is 0 Å². The largest absolute Gasteiger partial charge is 0.480 e. The van der Waals surface area contributed by atoms with E-state index in [1.54, 1.807) is 12.1 Å². The minimum absolute atomic E-state index is 0.00286. The number of carboxylic acid groups (broad SMARTS) is 1. The Kier molecular flexibility index (Phi) is 5.48. The van der Waals surface area contributed by atoms with Gasteiger partial charge in [0.05, 0.1) is 6.10 Å². The van der Waals surface area contributed by atoms with Crippen molar-refractivity contribution < 1.29 is 14.6 Å². The number of ether oxygens (including phenoxy) is 1. The van der Waals surface area contributed by atoms with Crippen LogP contribution in [0.4, 0.5) is 5.69 Å². The van der Waals surface area contributed by atoms with Crippen LogP contribution in [0, 0.1) is 5.92 Å². The monoisotopic (exact) mass is 311 g/mol. The van der Waals surface area contributed by atoms with Gasteiger partial charge in [0, 0.05) is 23.4 Å². The lowest BCUT2D eigenvalue weighted by Gasteiger charge is -2.39. The van der Waals surface area contributed by atoms with Gasteiger partial charge in [-0.1, -0.05) is 25.4 Å². The van der Waals surface area contributed by atoms with E-state index in [-0.39, 0.29) is 18.7 Å². The summed E-state index contributed by atoms with van der Waals surface area (Å²) in [6, 6.07) is 7.54. The lowest BCUT2D eigenvalue weighted by atomic mass is 9.94. The number of carbonyl (C=O) groups is 1. The molecule has 116 valence electrons. The van der Waals surface area contributed by atoms with Gasteiger partial charge in [-0.3, -0.25) is 4.79 Å². The van der Waals surface area contributed by atoms with Gasteiger partial charge in [-0.05, 0) is 43.0 Å². The molecule has 1 aromatic carbocycles. The number of rotatable bonds is 5. The first-order valence-electron chi connectivity index (χ1n) is 7.33. The van der Waals surface area contributed by atoms with E-state index in [4.69, 9.17) is 16.3 Å². The fourth-order valence-electron chi connectivity index (χ4n) is 2.77. The van der Waals surface area contributed by atoms with Crippen molar-refractivity contribution in [3.8, 4) is 0 Å². The molecule has 1 heterocycles.